The molecular weight excluding hydrogens is 387 g/mol. The summed E-state index contributed by atoms with van der Waals surface area (Å²) in [6, 6.07) is 18.7. The first-order valence-corrected chi connectivity index (χ1v) is 9.67. The van der Waals surface area contributed by atoms with E-state index in [-0.39, 0.29) is 20.6 Å². The van der Waals surface area contributed by atoms with Crippen molar-refractivity contribution >= 4 is 38.1 Å². The number of nitrogens with zero attached hydrogens (tertiary/aromatic N) is 3. The second kappa shape index (κ2) is 7.93. The molecular formula is C17H12N4OSSe. The molecule has 3 aromatic rings. The van der Waals surface area contributed by atoms with Crippen molar-refractivity contribution in [3.63, 3.8) is 0 Å². The topological polar surface area (TPSA) is 78.7 Å². The zero-order valence-electron chi connectivity index (χ0n) is 12.5. The summed E-state index contributed by atoms with van der Waals surface area (Å²) in [5.74, 6) is 0.261. The summed E-state index contributed by atoms with van der Waals surface area (Å²) in [4.78, 5) is 12.1. The summed E-state index contributed by atoms with van der Waals surface area (Å²) < 4.78 is 5.15. The van der Waals surface area contributed by atoms with E-state index in [1.165, 1.54) is 11.8 Å². The molecule has 0 spiro atoms. The summed E-state index contributed by atoms with van der Waals surface area (Å²) in [6.07, 6.45) is 0. The second-order valence-corrected chi connectivity index (χ2v) is 7.95. The van der Waals surface area contributed by atoms with Crippen LogP contribution in [0.25, 0.3) is 11.3 Å². The van der Waals surface area contributed by atoms with Gasteiger partial charge in [-0.1, -0.05) is 0 Å². The van der Waals surface area contributed by atoms with Crippen LogP contribution in [-0.4, -0.2) is 35.6 Å². The Hall–Kier alpha value is -2.39. The fraction of sp³-hybridized carbons (Fsp3) is 0.0588. The van der Waals surface area contributed by atoms with Gasteiger partial charge in [0.05, 0.1) is 0 Å². The van der Waals surface area contributed by atoms with Crippen molar-refractivity contribution in [3.8, 4) is 17.3 Å². The molecule has 1 aromatic heterocycles. The van der Waals surface area contributed by atoms with E-state index in [0.717, 1.165) is 20.7 Å². The van der Waals surface area contributed by atoms with Gasteiger partial charge in [-0.05, 0) is 0 Å². The number of benzene rings is 2. The molecule has 0 radical (unpaired) electrons. The van der Waals surface area contributed by atoms with Crippen molar-refractivity contribution in [2.24, 2.45) is 0 Å². The predicted octanol–water partition coefficient (Wildman–Crippen LogP) is 2.80. The molecule has 0 unspecified atom stereocenters. The Labute approximate surface area is 149 Å². The fourth-order valence-corrected chi connectivity index (χ4v) is 4.49. The molecule has 0 atom stereocenters. The van der Waals surface area contributed by atoms with Crippen LogP contribution in [0.15, 0.2) is 58.4 Å². The van der Waals surface area contributed by atoms with Crippen molar-refractivity contribution in [2.75, 3.05) is 11.1 Å². The van der Waals surface area contributed by atoms with Gasteiger partial charge in [0.2, 0.25) is 0 Å². The number of para-hydroxylation sites is 1. The van der Waals surface area contributed by atoms with E-state index in [0.29, 0.717) is 11.3 Å². The van der Waals surface area contributed by atoms with Gasteiger partial charge in [0.1, 0.15) is 0 Å². The molecule has 1 N–H and O–H groups in total. The number of nitrogens with one attached hydrogen (secondary N) is 1. The van der Waals surface area contributed by atoms with E-state index in [4.69, 9.17) is 5.26 Å². The second-order valence-electron chi connectivity index (χ2n) is 4.80. The SMILES string of the molecule is N#Cc1ccc(-c2nn[se]c2SCC(=O)Nc2ccccc2)cc1. The van der Waals surface area contributed by atoms with Crippen LogP contribution in [0.5, 0.6) is 0 Å². The monoisotopic (exact) mass is 400 g/mol. The van der Waals surface area contributed by atoms with Crippen molar-refractivity contribution in [3.05, 3.63) is 60.2 Å². The molecule has 5 nitrogen and oxygen atoms in total. The summed E-state index contributed by atoms with van der Waals surface area (Å²) in [5, 5.41) is 15.9. The number of aromatic nitrogens is 2. The van der Waals surface area contributed by atoms with Crippen molar-refractivity contribution < 1.29 is 4.79 Å². The number of thioether (sulfide) groups is 1. The zero-order valence-corrected chi connectivity index (χ0v) is 15.0. The molecule has 0 aliphatic carbocycles. The number of rotatable bonds is 5. The van der Waals surface area contributed by atoms with Gasteiger partial charge in [-0.25, -0.2) is 0 Å². The Morgan fingerprint density at radius 3 is 2.62 bits per heavy atom. The molecule has 0 saturated carbocycles. The van der Waals surface area contributed by atoms with Crippen molar-refractivity contribution in [2.45, 2.75) is 3.77 Å². The van der Waals surface area contributed by atoms with E-state index in [1.54, 1.807) is 12.1 Å². The minimum atomic E-state index is -0.0963. The van der Waals surface area contributed by atoms with Crippen LogP contribution in [0.1, 0.15) is 5.56 Å². The Kier molecular flexibility index (Phi) is 5.44. The van der Waals surface area contributed by atoms with E-state index in [2.05, 4.69) is 20.6 Å². The zero-order chi connectivity index (χ0) is 16.8. The maximum atomic E-state index is 12.1. The van der Waals surface area contributed by atoms with E-state index >= 15 is 0 Å². The number of amides is 1. The Bertz CT molecular complexity index is 872. The van der Waals surface area contributed by atoms with Gasteiger partial charge in [-0.2, -0.15) is 0 Å². The number of hydrogen-bond donors (Lipinski definition) is 1. The molecule has 7 heteroatoms. The van der Waals surface area contributed by atoms with Crippen LogP contribution in [-0.2, 0) is 4.79 Å². The fourth-order valence-electron chi connectivity index (χ4n) is 2.00. The summed E-state index contributed by atoms with van der Waals surface area (Å²) >= 11 is 1.37. The standard InChI is InChI=1S/C17H12N4OSSe/c18-10-12-6-8-13(9-7-12)16-17(24-21-20-16)23-11-15(22)19-14-4-2-1-3-5-14/h1-9H,11H2,(H,19,22). The molecule has 3 rings (SSSR count). The molecule has 118 valence electrons. The molecule has 0 saturated heterocycles. The summed E-state index contributed by atoms with van der Waals surface area (Å²) in [6.45, 7) is 0. The molecule has 0 bridgehead atoms. The third-order valence-corrected chi connectivity index (χ3v) is 6.22. The van der Waals surface area contributed by atoms with Crippen LogP contribution >= 0.6 is 11.8 Å². The quantitative estimate of drug-likeness (QED) is 0.527. The van der Waals surface area contributed by atoms with Crippen molar-refractivity contribution in [1.29, 1.82) is 5.26 Å². The first-order valence-electron chi connectivity index (χ1n) is 7.07. The number of nitriles is 1. The summed E-state index contributed by atoms with van der Waals surface area (Å²) in [7, 11) is 0. The number of carbonyl (C=O) groups excluding carboxylic acids is 1. The van der Waals surface area contributed by atoms with Gasteiger partial charge in [-0.3, -0.25) is 0 Å². The van der Waals surface area contributed by atoms with E-state index in [1.807, 2.05) is 42.5 Å². The van der Waals surface area contributed by atoms with Crippen LogP contribution in [0.4, 0.5) is 5.69 Å². The summed E-state index contributed by atoms with van der Waals surface area (Å²) in [5.41, 5.74) is 3.12. The minimum absolute atomic E-state index is 0.0550. The van der Waals surface area contributed by atoms with Gasteiger partial charge < -0.3 is 0 Å². The average Bonchev–Trinajstić information content (AvgIpc) is 3.09. The third kappa shape index (κ3) is 4.12. The van der Waals surface area contributed by atoms with Crippen molar-refractivity contribution in [1.82, 2.24) is 9.19 Å². The molecule has 0 aliphatic heterocycles. The normalized spacial score (nSPS) is 10.1. The first kappa shape index (κ1) is 16.5. The van der Waals surface area contributed by atoms with Crippen LogP contribution in [0.3, 0.4) is 0 Å². The molecule has 2 aromatic carbocycles. The molecule has 0 aliphatic rings. The van der Waals surface area contributed by atoms with Gasteiger partial charge in [-0.15, -0.1) is 0 Å². The van der Waals surface area contributed by atoms with E-state index in [9.17, 15) is 4.79 Å². The predicted molar refractivity (Wildman–Crippen MR) is 94.9 cm³/mol. The number of anilines is 1. The van der Waals surface area contributed by atoms with Crippen LogP contribution < -0.4 is 5.32 Å². The maximum absolute atomic E-state index is 12.1. The Balaban J connectivity index is 1.65. The molecule has 1 heterocycles. The average molecular weight is 399 g/mol. The number of hydrogen-bond acceptors (Lipinski definition) is 5. The van der Waals surface area contributed by atoms with Crippen LogP contribution in [0.2, 0.25) is 0 Å². The Morgan fingerprint density at radius 2 is 1.92 bits per heavy atom. The molecule has 24 heavy (non-hydrogen) atoms. The van der Waals surface area contributed by atoms with Gasteiger partial charge in [0.15, 0.2) is 0 Å². The molecule has 0 fully saturated rings. The van der Waals surface area contributed by atoms with Gasteiger partial charge >= 0.3 is 150 Å². The van der Waals surface area contributed by atoms with Gasteiger partial charge in [0, 0.05) is 0 Å². The molecule has 1 amide bonds. The first-order chi connectivity index (χ1) is 11.8. The third-order valence-electron chi connectivity index (χ3n) is 3.14. The number of carbonyl (C=O) groups is 1. The van der Waals surface area contributed by atoms with Gasteiger partial charge in [0.25, 0.3) is 0 Å². The van der Waals surface area contributed by atoms with E-state index < -0.39 is 0 Å². The Morgan fingerprint density at radius 1 is 1.17 bits per heavy atom. The van der Waals surface area contributed by atoms with Crippen LogP contribution in [0, 0.1) is 11.3 Å².